The molecule has 1 unspecified atom stereocenters. The first-order valence-corrected chi connectivity index (χ1v) is 6.79. The lowest BCUT2D eigenvalue weighted by atomic mass is 10.0. The first-order valence-electron chi connectivity index (χ1n) is 5.60. The third-order valence-corrected chi connectivity index (χ3v) is 4.40. The molecule has 92 valence electrons. The van der Waals surface area contributed by atoms with E-state index < -0.39 is 0 Å². The zero-order valence-corrected chi connectivity index (χ0v) is 11.3. The Hall–Kier alpha value is -1.52. The molecule has 3 N–H and O–H groups in total. The molecular formula is C13H12ClN3S. The van der Waals surface area contributed by atoms with Gasteiger partial charge in [-0.25, -0.2) is 4.99 Å². The van der Waals surface area contributed by atoms with Crippen molar-refractivity contribution in [3.63, 3.8) is 0 Å². The Balaban J connectivity index is 2.22. The molecule has 1 atom stereocenters. The number of nitrogens with two attached hydrogens (primary N) is 1. The number of nitrogens with one attached hydrogen (secondary N) is 1. The van der Waals surface area contributed by atoms with E-state index in [9.17, 15) is 0 Å². The van der Waals surface area contributed by atoms with E-state index >= 15 is 0 Å². The van der Waals surface area contributed by atoms with Crippen molar-refractivity contribution in [3.8, 4) is 0 Å². The highest BCUT2D eigenvalue weighted by Crippen LogP contribution is 2.40. The highest BCUT2D eigenvalue weighted by molar-refractivity contribution is 7.19. The van der Waals surface area contributed by atoms with Gasteiger partial charge in [0.15, 0.2) is 5.96 Å². The van der Waals surface area contributed by atoms with Crippen molar-refractivity contribution in [1.29, 1.82) is 0 Å². The van der Waals surface area contributed by atoms with Crippen LogP contribution >= 0.6 is 22.9 Å². The van der Waals surface area contributed by atoms with E-state index in [2.05, 4.69) is 29.4 Å². The number of hydrogen-bond acceptors (Lipinski definition) is 4. The molecule has 1 aromatic heterocycles. The van der Waals surface area contributed by atoms with E-state index in [0.29, 0.717) is 11.0 Å². The number of hydrogen-bond donors (Lipinski definition) is 2. The van der Waals surface area contributed by atoms with Gasteiger partial charge in [-0.2, -0.15) is 0 Å². The maximum atomic E-state index is 6.25. The Bertz CT molecular complexity index is 672. The monoisotopic (exact) mass is 277 g/mol. The Morgan fingerprint density at radius 3 is 3.00 bits per heavy atom. The van der Waals surface area contributed by atoms with E-state index in [1.54, 1.807) is 17.5 Å². The predicted molar refractivity (Wildman–Crippen MR) is 78.0 cm³/mol. The zero-order chi connectivity index (χ0) is 12.7. The number of guanidine groups is 1. The van der Waals surface area contributed by atoms with Crippen LogP contribution < -0.4 is 11.1 Å². The topological polar surface area (TPSA) is 50.4 Å². The third-order valence-electron chi connectivity index (χ3n) is 2.98. The fourth-order valence-electron chi connectivity index (χ4n) is 2.19. The van der Waals surface area contributed by atoms with Crippen LogP contribution in [-0.4, -0.2) is 5.96 Å². The summed E-state index contributed by atoms with van der Waals surface area (Å²) in [7, 11) is 0. The molecule has 0 bridgehead atoms. The molecule has 2 aromatic rings. The van der Waals surface area contributed by atoms with E-state index in [4.69, 9.17) is 17.3 Å². The molecule has 3 nitrogen and oxygen atoms in total. The van der Waals surface area contributed by atoms with Gasteiger partial charge in [-0.15, -0.1) is 11.3 Å². The number of rotatable bonds is 1. The van der Waals surface area contributed by atoms with Crippen molar-refractivity contribution in [2.75, 3.05) is 0 Å². The summed E-state index contributed by atoms with van der Waals surface area (Å²) in [5, 5.41) is 4.69. The minimum atomic E-state index is -0.191. The van der Waals surface area contributed by atoms with Crippen LogP contribution in [0.3, 0.4) is 0 Å². The molecule has 3 rings (SSSR count). The second kappa shape index (κ2) is 4.30. The molecule has 0 saturated heterocycles. The Kier molecular flexibility index (Phi) is 2.76. The Labute approximate surface area is 114 Å². The van der Waals surface area contributed by atoms with Crippen LogP contribution in [0.5, 0.6) is 0 Å². The van der Waals surface area contributed by atoms with Crippen LogP contribution in [0.25, 0.3) is 10.1 Å². The van der Waals surface area contributed by atoms with Crippen molar-refractivity contribution < 1.29 is 0 Å². The van der Waals surface area contributed by atoms with Crippen LogP contribution in [0.15, 0.2) is 40.5 Å². The smallest absolute Gasteiger partial charge is 0.193 e. The number of aryl methyl sites for hydroxylation is 1. The second-order valence-electron chi connectivity index (χ2n) is 4.16. The quantitative estimate of drug-likeness (QED) is 0.841. The predicted octanol–water partition coefficient (Wildman–Crippen LogP) is 3.25. The van der Waals surface area contributed by atoms with Gasteiger partial charge in [0.1, 0.15) is 6.04 Å². The summed E-state index contributed by atoms with van der Waals surface area (Å²) in [5.41, 5.74) is 6.88. The number of aliphatic imine (C=N–C) groups is 1. The summed E-state index contributed by atoms with van der Waals surface area (Å²) in [6.45, 7) is 2.10. The molecule has 2 heterocycles. The summed E-state index contributed by atoms with van der Waals surface area (Å²) in [4.78, 5) is 5.63. The zero-order valence-electron chi connectivity index (χ0n) is 9.77. The van der Waals surface area contributed by atoms with Crippen molar-refractivity contribution >= 4 is 39.0 Å². The lowest BCUT2D eigenvalue weighted by Crippen LogP contribution is -2.31. The van der Waals surface area contributed by atoms with Crippen molar-refractivity contribution in [2.45, 2.75) is 13.0 Å². The van der Waals surface area contributed by atoms with Gasteiger partial charge in [0.2, 0.25) is 0 Å². The van der Waals surface area contributed by atoms with E-state index in [1.807, 2.05) is 12.1 Å². The fourth-order valence-corrected chi connectivity index (χ4v) is 3.50. The maximum absolute atomic E-state index is 6.25. The number of halogens is 1. The number of thiophene rings is 1. The van der Waals surface area contributed by atoms with Gasteiger partial charge in [0.05, 0.1) is 5.03 Å². The van der Waals surface area contributed by atoms with Crippen molar-refractivity contribution in [2.24, 2.45) is 10.7 Å². The molecule has 0 saturated carbocycles. The van der Waals surface area contributed by atoms with Gasteiger partial charge in [0.25, 0.3) is 0 Å². The lowest BCUT2D eigenvalue weighted by molar-refractivity contribution is 0.853. The molecule has 0 fully saturated rings. The number of nitrogens with zero attached hydrogens (tertiary/aromatic N) is 1. The molecule has 1 aliphatic heterocycles. The van der Waals surface area contributed by atoms with Crippen LogP contribution in [0.4, 0.5) is 0 Å². The summed E-state index contributed by atoms with van der Waals surface area (Å²) < 4.78 is 1.25. The fraction of sp³-hybridized carbons (Fsp3) is 0.154. The first-order chi connectivity index (χ1) is 8.66. The average Bonchev–Trinajstić information content (AvgIpc) is 2.68. The van der Waals surface area contributed by atoms with Gasteiger partial charge >= 0.3 is 0 Å². The maximum Gasteiger partial charge on any atom is 0.193 e. The van der Waals surface area contributed by atoms with Gasteiger partial charge in [-0.1, -0.05) is 29.8 Å². The molecule has 1 aliphatic rings. The van der Waals surface area contributed by atoms with E-state index in [0.717, 1.165) is 5.56 Å². The van der Waals surface area contributed by atoms with E-state index in [1.165, 1.54) is 15.0 Å². The third kappa shape index (κ3) is 1.78. The number of fused-ring (bicyclic) bond motifs is 1. The molecule has 18 heavy (non-hydrogen) atoms. The van der Waals surface area contributed by atoms with Crippen LogP contribution in [0.1, 0.15) is 16.5 Å². The van der Waals surface area contributed by atoms with E-state index in [-0.39, 0.29) is 6.04 Å². The SMILES string of the molecule is Cc1sc2ccccc2c1C1N=C(N)NC=C1Cl. The normalized spacial score (nSPS) is 19.3. The summed E-state index contributed by atoms with van der Waals surface area (Å²) >= 11 is 8.01. The highest BCUT2D eigenvalue weighted by Gasteiger charge is 2.23. The molecule has 5 heteroatoms. The Morgan fingerprint density at radius 1 is 1.39 bits per heavy atom. The van der Waals surface area contributed by atoms with Crippen LogP contribution in [0, 0.1) is 6.92 Å². The molecule has 1 aromatic carbocycles. The lowest BCUT2D eigenvalue weighted by Gasteiger charge is -2.18. The average molecular weight is 278 g/mol. The standard InChI is InChI=1S/C13H12ClN3S/c1-7-11(8-4-2-3-5-10(8)18-7)12-9(14)6-16-13(15)17-12/h2-6,12H,1H3,(H3,15,16,17). The summed E-state index contributed by atoms with van der Waals surface area (Å²) in [6, 6.07) is 8.10. The van der Waals surface area contributed by atoms with Crippen LogP contribution in [0.2, 0.25) is 0 Å². The largest absolute Gasteiger partial charge is 0.370 e. The summed E-state index contributed by atoms with van der Waals surface area (Å²) in [6.07, 6.45) is 1.71. The van der Waals surface area contributed by atoms with Gasteiger partial charge in [-0.05, 0) is 18.4 Å². The molecule has 0 amide bonds. The highest BCUT2D eigenvalue weighted by atomic mass is 35.5. The van der Waals surface area contributed by atoms with Gasteiger partial charge in [0, 0.05) is 21.3 Å². The number of benzene rings is 1. The first kappa shape index (κ1) is 11.6. The second-order valence-corrected chi connectivity index (χ2v) is 5.85. The molecule has 0 spiro atoms. The Morgan fingerprint density at radius 2 is 2.17 bits per heavy atom. The van der Waals surface area contributed by atoms with Crippen molar-refractivity contribution in [3.05, 3.63) is 45.9 Å². The molecule has 0 radical (unpaired) electrons. The van der Waals surface area contributed by atoms with Crippen LogP contribution in [-0.2, 0) is 0 Å². The van der Waals surface area contributed by atoms with Crippen molar-refractivity contribution in [1.82, 2.24) is 5.32 Å². The minimum absolute atomic E-state index is 0.191. The summed E-state index contributed by atoms with van der Waals surface area (Å²) in [5.74, 6) is 0.402. The minimum Gasteiger partial charge on any atom is -0.370 e. The van der Waals surface area contributed by atoms with Gasteiger partial charge in [-0.3, -0.25) is 0 Å². The van der Waals surface area contributed by atoms with Gasteiger partial charge < -0.3 is 11.1 Å². The molecule has 0 aliphatic carbocycles. The molecular weight excluding hydrogens is 266 g/mol.